The highest BCUT2D eigenvalue weighted by Gasteiger charge is 2.41. The van der Waals surface area contributed by atoms with Crippen molar-refractivity contribution in [1.82, 2.24) is 0 Å². The van der Waals surface area contributed by atoms with Crippen LogP contribution in [0.3, 0.4) is 0 Å². The normalized spacial score (nSPS) is 15.4. The topological polar surface area (TPSA) is 105 Å². The minimum atomic E-state index is -4.13. The van der Waals surface area contributed by atoms with E-state index < -0.39 is 27.9 Å². The molecule has 0 aromatic heterocycles. The molecule has 0 saturated carbocycles. The summed E-state index contributed by atoms with van der Waals surface area (Å²) in [6.07, 6.45) is -0.364. The van der Waals surface area contributed by atoms with E-state index >= 15 is 0 Å². The predicted octanol–water partition coefficient (Wildman–Crippen LogP) is 3.55. The molecule has 33 heavy (non-hydrogen) atoms. The Balaban J connectivity index is 1.68. The first-order valence-corrected chi connectivity index (χ1v) is 11.7. The van der Waals surface area contributed by atoms with Crippen LogP contribution in [-0.2, 0) is 19.6 Å². The second kappa shape index (κ2) is 8.95. The van der Waals surface area contributed by atoms with Gasteiger partial charge in [-0.15, -0.1) is 0 Å². The minimum Gasteiger partial charge on any atom is -0.497 e. The Morgan fingerprint density at radius 1 is 1.03 bits per heavy atom. The number of anilines is 3. The quantitative estimate of drug-likeness (QED) is 0.579. The molecule has 2 N–H and O–H groups in total. The SMILES string of the molecule is COc1ccc(NC(=O)CC2C(=O)Nc3ccccc3N2S(=O)(=O)c2ccc(C)cc2)cc1. The Kier molecular flexibility index (Phi) is 6.06. The first kappa shape index (κ1) is 22.3. The summed E-state index contributed by atoms with van der Waals surface area (Å²) < 4.78 is 33.4. The summed E-state index contributed by atoms with van der Waals surface area (Å²) in [5.41, 5.74) is 2.08. The van der Waals surface area contributed by atoms with Gasteiger partial charge in [-0.05, 0) is 55.5 Å². The van der Waals surface area contributed by atoms with Crippen LogP contribution in [0.15, 0.2) is 77.7 Å². The summed E-state index contributed by atoms with van der Waals surface area (Å²) >= 11 is 0. The van der Waals surface area contributed by atoms with Crippen LogP contribution >= 0.6 is 0 Å². The van der Waals surface area contributed by atoms with Crippen molar-refractivity contribution >= 4 is 38.9 Å². The number of para-hydroxylation sites is 2. The molecule has 3 aromatic carbocycles. The zero-order chi connectivity index (χ0) is 23.6. The number of carbonyl (C=O) groups excluding carboxylic acids is 2. The van der Waals surface area contributed by atoms with E-state index in [0.717, 1.165) is 9.87 Å². The van der Waals surface area contributed by atoms with Crippen molar-refractivity contribution in [1.29, 1.82) is 0 Å². The van der Waals surface area contributed by atoms with E-state index in [0.29, 0.717) is 22.8 Å². The van der Waals surface area contributed by atoms with Crippen molar-refractivity contribution in [3.63, 3.8) is 0 Å². The molecule has 0 saturated heterocycles. The number of fused-ring (bicyclic) bond motifs is 1. The summed E-state index contributed by atoms with van der Waals surface area (Å²) in [4.78, 5) is 25.8. The Morgan fingerprint density at radius 3 is 2.36 bits per heavy atom. The number of sulfonamides is 1. The number of carbonyl (C=O) groups is 2. The molecule has 8 nitrogen and oxygen atoms in total. The molecule has 1 aliphatic rings. The monoisotopic (exact) mass is 465 g/mol. The fourth-order valence-corrected chi connectivity index (χ4v) is 5.25. The van der Waals surface area contributed by atoms with E-state index in [1.54, 1.807) is 60.7 Å². The third kappa shape index (κ3) is 4.54. The fourth-order valence-electron chi connectivity index (χ4n) is 3.62. The van der Waals surface area contributed by atoms with E-state index in [-0.39, 0.29) is 11.3 Å². The van der Waals surface area contributed by atoms with Gasteiger partial charge in [0.25, 0.3) is 10.0 Å². The molecule has 3 aromatic rings. The van der Waals surface area contributed by atoms with Gasteiger partial charge in [-0.2, -0.15) is 0 Å². The highest BCUT2D eigenvalue weighted by atomic mass is 32.2. The maximum Gasteiger partial charge on any atom is 0.265 e. The molecule has 1 heterocycles. The molecule has 1 unspecified atom stereocenters. The van der Waals surface area contributed by atoms with Crippen LogP contribution in [0.4, 0.5) is 17.1 Å². The molecule has 170 valence electrons. The molecule has 0 radical (unpaired) electrons. The molecule has 0 aliphatic carbocycles. The lowest BCUT2D eigenvalue weighted by Crippen LogP contribution is -2.52. The van der Waals surface area contributed by atoms with Crippen molar-refractivity contribution in [2.75, 3.05) is 22.0 Å². The van der Waals surface area contributed by atoms with Gasteiger partial charge in [-0.3, -0.25) is 13.9 Å². The first-order valence-electron chi connectivity index (χ1n) is 10.2. The van der Waals surface area contributed by atoms with Gasteiger partial charge < -0.3 is 15.4 Å². The minimum absolute atomic E-state index is 0.0400. The first-order chi connectivity index (χ1) is 15.8. The number of nitrogens with one attached hydrogen (secondary N) is 2. The summed E-state index contributed by atoms with van der Waals surface area (Å²) in [6.45, 7) is 1.85. The third-order valence-corrected chi connectivity index (χ3v) is 7.15. The molecule has 0 fully saturated rings. The van der Waals surface area contributed by atoms with E-state index in [1.807, 2.05) is 6.92 Å². The number of benzene rings is 3. The number of aryl methyl sites for hydroxylation is 1. The smallest absolute Gasteiger partial charge is 0.265 e. The lowest BCUT2D eigenvalue weighted by Gasteiger charge is -2.36. The average Bonchev–Trinajstić information content (AvgIpc) is 2.80. The van der Waals surface area contributed by atoms with E-state index in [1.165, 1.54) is 19.2 Å². The van der Waals surface area contributed by atoms with Gasteiger partial charge in [0.05, 0.1) is 29.8 Å². The van der Waals surface area contributed by atoms with Crippen LogP contribution in [0.25, 0.3) is 0 Å². The number of hydrogen-bond acceptors (Lipinski definition) is 5. The highest BCUT2D eigenvalue weighted by Crippen LogP contribution is 2.37. The van der Waals surface area contributed by atoms with E-state index in [2.05, 4.69) is 10.6 Å². The Bertz CT molecular complexity index is 1290. The second-order valence-corrected chi connectivity index (χ2v) is 9.43. The maximum absolute atomic E-state index is 13.6. The van der Waals surface area contributed by atoms with Crippen LogP contribution in [0.5, 0.6) is 5.75 Å². The van der Waals surface area contributed by atoms with Crippen molar-refractivity contribution in [3.05, 3.63) is 78.4 Å². The van der Waals surface area contributed by atoms with Crippen LogP contribution in [0.2, 0.25) is 0 Å². The molecule has 1 aliphatic heterocycles. The summed E-state index contributed by atoms with van der Waals surface area (Å²) in [5.74, 6) is -0.440. The molecular weight excluding hydrogens is 442 g/mol. The van der Waals surface area contributed by atoms with E-state index in [9.17, 15) is 18.0 Å². The molecule has 1 atom stereocenters. The van der Waals surface area contributed by atoms with Crippen LogP contribution < -0.4 is 19.7 Å². The zero-order valence-corrected chi connectivity index (χ0v) is 18.9. The number of methoxy groups -OCH3 is 1. The number of nitrogens with zero attached hydrogens (tertiary/aromatic N) is 1. The molecule has 2 amide bonds. The maximum atomic E-state index is 13.6. The molecule has 0 bridgehead atoms. The third-order valence-electron chi connectivity index (χ3n) is 5.32. The number of amides is 2. The lowest BCUT2D eigenvalue weighted by atomic mass is 10.1. The predicted molar refractivity (Wildman–Crippen MR) is 126 cm³/mol. The van der Waals surface area contributed by atoms with Crippen molar-refractivity contribution < 1.29 is 22.7 Å². The largest absolute Gasteiger partial charge is 0.497 e. The summed E-state index contributed by atoms with van der Waals surface area (Å²) in [7, 11) is -2.59. The number of ether oxygens (including phenoxy) is 1. The Labute approximate surface area is 192 Å². The Morgan fingerprint density at radius 2 is 1.70 bits per heavy atom. The van der Waals surface area contributed by atoms with Gasteiger partial charge in [-0.25, -0.2) is 8.42 Å². The lowest BCUT2D eigenvalue weighted by molar-refractivity contribution is -0.122. The number of hydrogen-bond donors (Lipinski definition) is 2. The van der Waals surface area contributed by atoms with Crippen LogP contribution in [0, 0.1) is 6.92 Å². The van der Waals surface area contributed by atoms with Gasteiger partial charge >= 0.3 is 0 Å². The van der Waals surface area contributed by atoms with Gasteiger partial charge in [0.15, 0.2) is 0 Å². The fraction of sp³-hybridized carbons (Fsp3) is 0.167. The molecule has 9 heteroatoms. The van der Waals surface area contributed by atoms with Gasteiger partial charge in [-0.1, -0.05) is 29.8 Å². The summed E-state index contributed by atoms with van der Waals surface area (Å²) in [6, 6.07) is 18.4. The van der Waals surface area contributed by atoms with Crippen LogP contribution in [0.1, 0.15) is 12.0 Å². The van der Waals surface area contributed by atoms with Gasteiger partial charge in [0.1, 0.15) is 11.8 Å². The molecule has 4 rings (SSSR count). The summed E-state index contributed by atoms with van der Waals surface area (Å²) in [5, 5.41) is 5.42. The Hall–Kier alpha value is -3.85. The van der Waals surface area contributed by atoms with Gasteiger partial charge in [0.2, 0.25) is 11.8 Å². The molecule has 0 spiro atoms. The van der Waals surface area contributed by atoms with Crippen LogP contribution in [-0.4, -0.2) is 33.4 Å². The highest BCUT2D eigenvalue weighted by molar-refractivity contribution is 7.93. The zero-order valence-electron chi connectivity index (χ0n) is 18.1. The average molecular weight is 466 g/mol. The van der Waals surface area contributed by atoms with Crippen molar-refractivity contribution in [2.45, 2.75) is 24.3 Å². The molecular formula is C24H23N3O5S. The van der Waals surface area contributed by atoms with Crippen molar-refractivity contribution in [2.24, 2.45) is 0 Å². The standard InChI is InChI=1S/C24H23N3O5S/c1-16-7-13-19(14-8-16)33(30,31)27-21-6-4-3-5-20(21)26-24(29)22(27)15-23(28)25-17-9-11-18(32-2)12-10-17/h3-14,22H,15H2,1-2H3,(H,25,28)(H,26,29). The second-order valence-electron chi connectivity index (χ2n) is 7.62. The van der Waals surface area contributed by atoms with E-state index in [4.69, 9.17) is 4.74 Å². The van der Waals surface area contributed by atoms with Gasteiger partial charge in [0, 0.05) is 5.69 Å². The number of rotatable bonds is 6. The van der Waals surface area contributed by atoms with Crippen molar-refractivity contribution in [3.8, 4) is 5.75 Å².